The molecule has 7 heteroatoms. The summed E-state index contributed by atoms with van der Waals surface area (Å²) in [6.45, 7) is 1.68. The van der Waals surface area contributed by atoms with E-state index in [0.717, 1.165) is 5.75 Å². The van der Waals surface area contributed by atoms with Crippen molar-refractivity contribution in [3.8, 4) is 0 Å². The largest absolute Gasteiger partial charge is 0.385 e. The molecule has 0 unspecified atom stereocenters. The first kappa shape index (κ1) is 13.0. The molecule has 0 aromatic rings. The molecule has 0 saturated heterocycles. The summed E-state index contributed by atoms with van der Waals surface area (Å²) < 4.78 is 4.82. The van der Waals surface area contributed by atoms with Gasteiger partial charge in [0.05, 0.1) is 6.54 Å². The number of thioether (sulfide) groups is 1. The molecule has 0 atom stereocenters. The fourth-order valence-electron chi connectivity index (χ4n) is 1.06. The summed E-state index contributed by atoms with van der Waals surface area (Å²) in [6.07, 6.45) is 0.686. The molecule has 1 aliphatic rings. The van der Waals surface area contributed by atoms with E-state index in [9.17, 15) is 9.59 Å². The lowest BCUT2D eigenvalue weighted by atomic mass is 10.4. The Morgan fingerprint density at radius 1 is 1.50 bits per heavy atom. The number of hydrogen-bond acceptors (Lipinski definition) is 5. The van der Waals surface area contributed by atoms with Crippen molar-refractivity contribution in [2.75, 3.05) is 32.6 Å². The number of ether oxygens (including phenoxy) is 1. The van der Waals surface area contributed by atoms with Crippen molar-refractivity contribution in [1.82, 2.24) is 10.6 Å². The minimum Gasteiger partial charge on any atom is -0.385 e. The van der Waals surface area contributed by atoms with Gasteiger partial charge in [0, 0.05) is 26.0 Å². The average molecular weight is 245 g/mol. The molecule has 0 radical (unpaired) electrons. The highest BCUT2D eigenvalue weighted by atomic mass is 32.2. The molecular formula is C9H15N3O3S. The number of carbonyl (C=O) groups is 2. The number of hydrogen-bond donors (Lipinski definition) is 2. The fraction of sp³-hybridized carbons (Fsp3) is 0.667. The van der Waals surface area contributed by atoms with E-state index in [2.05, 4.69) is 15.6 Å². The van der Waals surface area contributed by atoms with Gasteiger partial charge in [0.25, 0.3) is 0 Å². The maximum Gasteiger partial charge on any atom is 0.315 e. The van der Waals surface area contributed by atoms with Crippen molar-refractivity contribution in [2.45, 2.75) is 6.42 Å². The maximum absolute atomic E-state index is 11.3. The van der Waals surface area contributed by atoms with Crippen LogP contribution in [0, 0.1) is 0 Å². The molecule has 0 spiro atoms. The van der Waals surface area contributed by atoms with Crippen LogP contribution >= 0.6 is 11.8 Å². The van der Waals surface area contributed by atoms with E-state index < -0.39 is 11.8 Å². The van der Waals surface area contributed by atoms with E-state index in [1.54, 1.807) is 7.11 Å². The monoisotopic (exact) mass is 245 g/mol. The predicted molar refractivity (Wildman–Crippen MR) is 62.4 cm³/mol. The van der Waals surface area contributed by atoms with Crippen molar-refractivity contribution in [2.24, 2.45) is 4.99 Å². The standard InChI is InChI=1S/C9H15N3O3S/c1-15-5-2-3-10-7(13)8(14)12-9-11-4-6-16-9/h2-6H2,1H3,(H,10,13)(H,11,12,14). The molecule has 1 heterocycles. The minimum absolute atomic E-state index is 0.430. The van der Waals surface area contributed by atoms with E-state index in [-0.39, 0.29) is 0 Å². The van der Waals surface area contributed by atoms with Gasteiger partial charge in [0.1, 0.15) is 0 Å². The molecule has 1 rings (SSSR count). The van der Waals surface area contributed by atoms with Gasteiger partial charge in [0.15, 0.2) is 5.17 Å². The van der Waals surface area contributed by atoms with Gasteiger partial charge in [0.2, 0.25) is 0 Å². The van der Waals surface area contributed by atoms with Crippen LogP contribution in [0.25, 0.3) is 0 Å². The van der Waals surface area contributed by atoms with Gasteiger partial charge >= 0.3 is 11.8 Å². The van der Waals surface area contributed by atoms with Gasteiger partial charge in [-0.25, -0.2) is 0 Å². The lowest BCUT2D eigenvalue weighted by Gasteiger charge is -2.05. The quantitative estimate of drug-likeness (QED) is 0.510. The summed E-state index contributed by atoms with van der Waals surface area (Å²) in [5, 5.41) is 5.47. The first-order chi connectivity index (χ1) is 7.74. The number of nitrogens with zero attached hydrogens (tertiary/aromatic N) is 1. The SMILES string of the molecule is COCCCNC(=O)C(=O)NC1=NCCS1. The van der Waals surface area contributed by atoms with Crippen molar-refractivity contribution in [3.63, 3.8) is 0 Å². The summed E-state index contributed by atoms with van der Waals surface area (Å²) in [5.74, 6) is -0.442. The van der Waals surface area contributed by atoms with Crippen LogP contribution in [0.4, 0.5) is 0 Å². The van der Waals surface area contributed by atoms with Crippen LogP contribution < -0.4 is 10.6 Å². The third kappa shape index (κ3) is 4.63. The van der Waals surface area contributed by atoms with Gasteiger partial charge in [-0.2, -0.15) is 0 Å². The lowest BCUT2D eigenvalue weighted by molar-refractivity contribution is -0.138. The summed E-state index contributed by atoms with van der Waals surface area (Å²) >= 11 is 1.44. The van der Waals surface area contributed by atoms with E-state index in [4.69, 9.17) is 4.74 Å². The second kappa shape index (κ2) is 7.24. The highest BCUT2D eigenvalue weighted by Gasteiger charge is 2.16. The zero-order valence-corrected chi connectivity index (χ0v) is 9.93. The topological polar surface area (TPSA) is 79.8 Å². The highest BCUT2D eigenvalue weighted by Crippen LogP contribution is 2.08. The number of carbonyl (C=O) groups excluding carboxylic acids is 2. The molecule has 0 aromatic heterocycles. The molecule has 90 valence electrons. The number of rotatable bonds is 4. The third-order valence-corrected chi connectivity index (χ3v) is 2.71. The maximum atomic E-state index is 11.3. The Balaban J connectivity index is 2.17. The van der Waals surface area contributed by atoms with E-state index in [1.165, 1.54) is 11.8 Å². The molecular weight excluding hydrogens is 230 g/mol. The number of amidine groups is 1. The number of methoxy groups -OCH3 is 1. The normalized spacial score (nSPS) is 14.4. The van der Waals surface area contributed by atoms with Gasteiger partial charge in [-0.1, -0.05) is 11.8 Å². The molecule has 0 aliphatic carbocycles. The smallest absolute Gasteiger partial charge is 0.315 e. The molecule has 2 N–H and O–H groups in total. The van der Waals surface area contributed by atoms with Gasteiger partial charge in [-0.15, -0.1) is 0 Å². The van der Waals surface area contributed by atoms with E-state index in [0.29, 0.717) is 31.3 Å². The van der Waals surface area contributed by atoms with Crippen LogP contribution in [0.1, 0.15) is 6.42 Å². The summed E-state index contributed by atoms with van der Waals surface area (Å²) in [5.41, 5.74) is 0. The number of aliphatic imine (C=N–C) groups is 1. The number of amides is 2. The molecule has 0 fully saturated rings. The Labute approximate surface area is 98.2 Å². The summed E-state index contributed by atoms with van der Waals surface area (Å²) in [7, 11) is 1.59. The predicted octanol–water partition coefficient (Wildman–Crippen LogP) is -0.642. The van der Waals surface area contributed by atoms with Crippen molar-refractivity contribution in [1.29, 1.82) is 0 Å². The molecule has 0 bridgehead atoms. The van der Waals surface area contributed by atoms with Crippen molar-refractivity contribution >= 4 is 28.7 Å². The zero-order chi connectivity index (χ0) is 11.8. The van der Waals surface area contributed by atoms with Crippen LogP contribution in [0.15, 0.2) is 4.99 Å². The van der Waals surface area contributed by atoms with Crippen molar-refractivity contribution < 1.29 is 14.3 Å². The van der Waals surface area contributed by atoms with Crippen LogP contribution in [-0.4, -0.2) is 49.5 Å². The van der Waals surface area contributed by atoms with Crippen LogP contribution in [-0.2, 0) is 14.3 Å². The highest BCUT2D eigenvalue weighted by molar-refractivity contribution is 8.14. The second-order valence-corrected chi connectivity index (χ2v) is 4.18. The van der Waals surface area contributed by atoms with E-state index >= 15 is 0 Å². The van der Waals surface area contributed by atoms with Gasteiger partial charge < -0.3 is 10.1 Å². The Bertz CT molecular complexity index is 294. The Hall–Kier alpha value is -1.08. The Morgan fingerprint density at radius 2 is 2.31 bits per heavy atom. The molecule has 2 amide bonds. The third-order valence-electron chi connectivity index (χ3n) is 1.82. The molecule has 0 aromatic carbocycles. The average Bonchev–Trinajstić information content (AvgIpc) is 2.76. The number of nitrogens with one attached hydrogen (secondary N) is 2. The van der Waals surface area contributed by atoms with Crippen LogP contribution in [0.3, 0.4) is 0 Å². The second-order valence-electron chi connectivity index (χ2n) is 3.09. The lowest BCUT2D eigenvalue weighted by Crippen LogP contribution is -2.42. The molecule has 6 nitrogen and oxygen atoms in total. The van der Waals surface area contributed by atoms with Gasteiger partial charge in [-0.3, -0.25) is 19.9 Å². The fourth-order valence-corrected chi connectivity index (χ4v) is 1.79. The Morgan fingerprint density at radius 3 is 2.94 bits per heavy atom. The molecule has 0 saturated carbocycles. The van der Waals surface area contributed by atoms with Crippen LogP contribution in [0.5, 0.6) is 0 Å². The minimum atomic E-state index is -0.662. The molecule has 16 heavy (non-hydrogen) atoms. The first-order valence-corrected chi connectivity index (χ1v) is 5.98. The Kier molecular flexibility index (Phi) is 5.87. The summed E-state index contributed by atoms with van der Waals surface area (Å²) in [4.78, 5) is 26.6. The molecule has 1 aliphatic heterocycles. The summed E-state index contributed by atoms with van der Waals surface area (Å²) in [6, 6.07) is 0. The van der Waals surface area contributed by atoms with E-state index in [1.807, 2.05) is 0 Å². The van der Waals surface area contributed by atoms with Crippen LogP contribution in [0.2, 0.25) is 0 Å². The first-order valence-electron chi connectivity index (χ1n) is 4.99. The zero-order valence-electron chi connectivity index (χ0n) is 9.12. The van der Waals surface area contributed by atoms with Gasteiger partial charge in [-0.05, 0) is 6.42 Å². The van der Waals surface area contributed by atoms with Crippen molar-refractivity contribution in [3.05, 3.63) is 0 Å².